The Balaban J connectivity index is 1.22. The van der Waals surface area contributed by atoms with Crippen LogP contribution in [0.4, 0.5) is 13.2 Å². The molecule has 8 heteroatoms. The number of rotatable bonds is 5. The fourth-order valence-electron chi connectivity index (χ4n) is 8.83. The maximum Gasteiger partial charge on any atom is 0.416 e. The van der Waals surface area contributed by atoms with Crippen LogP contribution in [0.25, 0.3) is 89.2 Å². The van der Waals surface area contributed by atoms with Gasteiger partial charge in [-0.05, 0) is 79.3 Å². The molecule has 0 unspecified atom stereocenters. The van der Waals surface area contributed by atoms with Gasteiger partial charge in [-0.25, -0.2) is 15.0 Å². The van der Waals surface area contributed by atoms with Crippen LogP contribution in [-0.2, 0) is 19.0 Å². The Labute approximate surface area is 319 Å². The minimum absolute atomic E-state index is 0.163. The summed E-state index contributed by atoms with van der Waals surface area (Å²) in [6, 6.07) is 39.9. The number of aryl methyl sites for hydroxylation is 2. The molecule has 0 amide bonds. The van der Waals surface area contributed by atoms with E-state index in [9.17, 15) is 0 Å². The van der Waals surface area contributed by atoms with Gasteiger partial charge in [0.2, 0.25) is 0 Å². The topological polar surface area (TPSA) is 48.5 Å². The molecule has 6 aromatic carbocycles. The highest BCUT2D eigenvalue weighted by atomic mass is 19.4. The Morgan fingerprint density at radius 2 is 1.21 bits per heavy atom. The second kappa shape index (κ2) is 12.4. The van der Waals surface area contributed by atoms with Crippen molar-refractivity contribution in [1.82, 2.24) is 24.1 Å². The molecule has 0 aliphatic heterocycles. The maximum atomic E-state index is 15.0. The van der Waals surface area contributed by atoms with Gasteiger partial charge in [0, 0.05) is 49.6 Å². The summed E-state index contributed by atoms with van der Waals surface area (Å²) < 4.78 is 49.5. The SMILES string of the molecule is FC(F)(F)c1cc(-c2nc(-c3ccccc3)nc(-c3ccccc3)n2)cc(-n2c3cccc4c3c3c(c5c(cc32)c2ccccc2n5C2=CCCC=C2)CC4)c1. The van der Waals surface area contributed by atoms with E-state index < -0.39 is 11.7 Å². The lowest BCUT2D eigenvalue weighted by molar-refractivity contribution is -0.137. The molecule has 5 nitrogen and oxygen atoms in total. The van der Waals surface area contributed by atoms with Crippen LogP contribution in [0.2, 0.25) is 0 Å². The molecule has 0 bridgehead atoms. The van der Waals surface area contributed by atoms with Crippen molar-refractivity contribution < 1.29 is 13.2 Å². The third kappa shape index (κ3) is 5.05. The molecular formula is C48H32F3N5. The standard InChI is InChI=1S/C48H32F3N5/c49-48(50,51)33-25-32(47-53-45(30-13-4-1-5-14-30)52-46(54-47)31-15-6-2-7-16-31)26-35(27-33)55-40-22-12-17-29-23-24-37-43(42(29)40)41(55)28-38-36-20-10-11-21-39(36)56(44(37)38)34-18-8-3-9-19-34/h1-2,4-8,10-22,25-28H,3,9,23-24H2. The van der Waals surface area contributed by atoms with Crippen LogP contribution in [0.5, 0.6) is 0 Å². The van der Waals surface area contributed by atoms with Crippen LogP contribution in [0.1, 0.15) is 29.5 Å². The normalized spacial score (nSPS) is 14.1. The minimum atomic E-state index is -4.63. The van der Waals surface area contributed by atoms with Gasteiger partial charge in [0.05, 0.1) is 27.6 Å². The number of fused-ring (bicyclic) bond motifs is 4. The van der Waals surface area contributed by atoms with Gasteiger partial charge in [-0.3, -0.25) is 0 Å². The highest BCUT2D eigenvalue weighted by molar-refractivity contribution is 6.23. The molecule has 0 fully saturated rings. The molecule has 0 spiro atoms. The van der Waals surface area contributed by atoms with E-state index in [0.29, 0.717) is 17.3 Å². The molecule has 0 saturated carbocycles. The first kappa shape index (κ1) is 32.6. The summed E-state index contributed by atoms with van der Waals surface area (Å²) >= 11 is 0. The zero-order chi connectivity index (χ0) is 37.5. The minimum Gasteiger partial charge on any atom is -0.309 e. The van der Waals surface area contributed by atoms with E-state index in [1.54, 1.807) is 6.07 Å². The number of halogens is 3. The predicted octanol–water partition coefficient (Wildman–Crippen LogP) is 12.4. The summed E-state index contributed by atoms with van der Waals surface area (Å²) in [5.41, 5.74) is 8.95. The van der Waals surface area contributed by atoms with Crippen LogP contribution in [-0.4, -0.2) is 24.1 Å². The number of aromatic nitrogens is 5. The van der Waals surface area contributed by atoms with E-state index in [0.717, 1.165) is 86.7 Å². The van der Waals surface area contributed by atoms with E-state index in [1.807, 2.05) is 77.4 Å². The summed E-state index contributed by atoms with van der Waals surface area (Å²) in [6.45, 7) is 0. The monoisotopic (exact) mass is 735 g/mol. The second-order valence-electron chi connectivity index (χ2n) is 14.6. The summed E-state index contributed by atoms with van der Waals surface area (Å²) in [6.07, 6.45) is 5.75. The molecule has 2 aliphatic carbocycles. The third-order valence-electron chi connectivity index (χ3n) is 11.2. The van der Waals surface area contributed by atoms with Crippen LogP contribution in [0, 0.1) is 0 Å². The van der Waals surface area contributed by atoms with Gasteiger partial charge in [-0.2, -0.15) is 13.2 Å². The van der Waals surface area contributed by atoms with E-state index in [2.05, 4.69) is 59.2 Å². The number of benzene rings is 6. The number of hydrogen-bond acceptors (Lipinski definition) is 3. The Kier molecular flexibility index (Phi) is 7.20. The number of allylic oxidation sites excluding steroid dienone is 4. The average molecular weight is 736 g/mol. The van der Waals surface area contributed by atoms with Gasteiger partial charge in [0.15, 0.2) is 17.5 Å². The van der Waals surface area contributed by atoms with Crippen LogP contribution < -0.4 is 0 Å². The summed E-state index contributed by atoms with van der Waals surface area (Å²) in [5.74, 6) is 0.926. The van der Waals surface area contributed by atoms with Crippen LogP contribution >= 0.6 is 0 Å². The van der Waals surface area contributed by atoms with Gasteiger partial charge in [0.1, 0.15) is 0 Å². The van der Waals surface area contributed by atoms with E-state index in [1.165, 1.54) is 22.7 Å². The zero-order valence-electron chi connectivity index (χ0n) is 30.1. The largest absolute Gasteiger partial charge is 0.416 e. The van der Waals surface area contributed by atoms with Crippen molar-refractivity contribution in [1.29, 1.82) is 0 Å². The Bertz CT molecular complexity index is 3060. The molecule has 2 aliphatic rings. The van der Waals surface area contributed by atoms with E-state index in [4.69, 9.17) is 15.0 Å². The van der Waals surface area contributed by atoms with E-state index >= 15 is 13.2 Å². The van der Waals surface area contributed by atoms with Gasteiger partial charge in [-0.15, -0.1) is 0 Å². The molecule has 0 N–H and O–H groups in total. The Morgan fingerprint density at radius 3 is 1.91 bits per heavy atom. The fraction of sp³-hybridized carbons (Fsp3) is 0.104. The Morgan fingerprint density at radius 1 is 0.536 bits per heavy atom. The first-order valence-electron chi connectivity index (χ1n) is 18.9. The number of nitrogens with zero attached hydrogens (tertiary/aromatic N) is 5. The smallest absolute Gasteiger partial charge is 0.309 e. The highest BCUT2D eigenvalue weighted by Gasteiger charge is 2.33. The van der Waals surface area contributed by atoms with Gasteiger partial charge < -0.3 is 9.13 Å². The molecule has 0 radical (unpaired) electrons. The first-order valence-corrected chi connectivity index (χ1v) is 18.9. The summed E-state index contributed by atoms with van der Waals surface area (Å²) in [4.78, 5) is 14.4. The molecule has 11 rings (SSSR count). The molecule has 0 saturated heterocycles. The predicted molar refractivity (Wildman–Crippen MR) is 219 cm³/mol. The lowest BCUT2D eigenvalue weighted by Gasteiger charge is -2.18. The molecular weight excluding hydrogens is 704 g/mol. The lowest BCUT2D eigenvalue weighted by atomic mass is 9.89. The molecule has 0 atom stereocenters. The van der Waals surface area contributed by atoms with Crippen molar-refractivity contribution in [2.45, 2.75) is 31.9 Å². The molecule has 56 heavy (non-hydrogen) atoms. The van der Waals surface area contributed by atoms with Gasteiger partial charge in [0.25, 0.3) is 0 Å². The number of hydrogen-bond donors (Lipinski definition) is 0. The van der Waals surface area contributed by atoms with Crippen molar-refractivity contribution >= 4 is 49.3 Å². The number of para-hydroxylation sites is 1. The lowest BCUT2D eigenvalue weighted by Crippen LogP contribution is -2.08. The van der Waals surface area contributed by atoms with Crippen molar-refractivity contribution in [3.63, 3.8) is 0 Å². The number of alkyl halides is 3. The third-order valence-corrected chi connectivity index (χ3v) is 11.2. The van der Waals surface area contributed by atoms with Crippen molar-refractivity contribution in [3.05, 3.63) is 162 Å². The van der Waals surface area contributed by atoms with E-state index in [-0.39, 0.29) is 11.4 Å². The van der Waals surface area contributed by atoms with Crippen molar-refractivity contribution in [3.8, 4) is 39.9 Å². The summed E-state index contributed by atoms with van der Waals surface area (Å²) in [5, 5.41) is 4.38. The molecule has 270 valence electrons. The molecule has 3 heterocycles. The average Bonchev–Trinajstić information content (AvgIpc) is 3.76. The zero-order valence-corrected chi connectivity index (χ0v) is 30.1. The van der Waals surface area contributed by atoms with Gasteiger partial charge in [-0.1, -0.05) is 103 Å². The second-order valence-corrected chi connectivity index (χ2v) is 14.6. The highest BCUT2D eigenvalue weighted by Crippen LogP contribution is 2.47. The van der Waals surface area contributed by atoms with Gasteiger partial charge >= 0.3 is 6.18 Å². The van der Waals surface area contributed by atoms with Crippen molar-refractivity contribution in [2.24, 2.45) is 0 Å². The Hall–Kier alpha value is -6.80. The maximum absolute atomic E-state index is 15.0. The van der Waals surface area contributed by atoms with Crippen LogP contribution in [0.15, 0.2) is 146 Å². The first-order chi connectivity index (χ1) is 27.4. The molecule has 9 aromatic rings. The molecule has 3 aromatic heterocycles. The fourth-order valence-corrected chi connectivity index (χ4v) is 8.83. The van der Waals surface area contributed by atoms with Crippen LogP contribution in [0.3, 0.4) is 0 Å². The quantitative estimate of drug-likeness (QED) is 0.177. The summed E-state index contributed by atoms with van der Waals surface area (Å²) in [7, 11) is 0. The van der Waals surface area contributed by atoms with Crippen molar-refractivity contribution in [2.75, 3.05) is 0 Å².